The van der Waals surface area contributed by atoms with Crippen molar-refractivity contribution in [1.82, 2.24) is 10.2 Å². The smallest absolute Gasteiger partial charge is 0.226 e. The van der Waals surface area contributed by atoms with Crippen molar-refractivity contribution in [2.75, 3.05) is 25.5 Å². The van der Waals surface area contributed by atoms with Gasteiger partial charge in [-0.05, 0) is 42.7 Å². The van der Waals surface area contributed by atoms with Crippen LogP contribution in [0.15, 0.2) is 18.2 Å². The van der Waals surface area contributed by atoms with Crippen LogP contribution in [-0.2, 0) is 14.4 Å². The summed E-state index contributed by atoms with van der Waals surface area (Å²) in [7, 11) is 1.84. The quantitative estimate of drug-likeness (QED) is 0.456. The SMILES string of the molecule is CNc1cc(C2CCN(C=O)CC2)ccc1C(=N)C(C)CCC(=O)NC=O. The predicted octanol–water partition coefficient (Wildman–Crippen LogP) is 2.12. The lowest BCUT2D eigenvalue weighted by molar-refractivity contribution is -0.125. The second-order valence-corrected chi connectivity index (χ2v) is 7.01. The van der Waals surface area contributed by atoms with Gasteiger partial charge in [-0.2, -0.15) is 0 Å². The third-order valence-corrected chi connectivity index (χ3v) is 5.27. The maximum Gasteiger partial charge on any atom is 0.226 e. The summed E-state index contributed by atoms with van der Waals surface area (Å²) in [5.41, 5.74) is 3.43. The largest absolute Gasteiger partial charge is 0.388 e. The van der Waals surface area contributed by atoms with Crippen LogP contribution < -0.4 is 10.6 Å². The molecule has 7 nitrogen and oxygen atoms in total. The molecule has 7 heteroatoms. The van der Waals surface area contributed by atoms with Gasteiger partial charge in [-0.1, -0.05) is 19.1 Å². The molecule has 1 saturated heterocycles. The van der Waals surface area contributed by atoms with E-state index >= 15 is 0 Å². The minimum atomic E-state index is -0.324. The summed E-state index contributed by atoms with van der Waals surface area (Å²) in [6, 6.07) is 6.13. The third-order valence-electron chi connectivity index (χ3n) is 5.27. The molecule has 146 valence electrons. The zero-order valence-electron chi connectivity index (χ0n) is 16.0. The van der Waals surface area contributed by atoms with Gasteiger partial charge >= 0.3 is 0 Å². The average molecular weight is 372 g/mol. The van der Waals surface area contributed by atoms with Crippen LogP contribution in [0.2, 0.25) is 0 Å². The molecule has 1 aromatic carbocycles. The van der Waals surface area contributed by atoms with E-state index in [1.807, 2.05) is 24.9 Å². The van der Waals surface area contributed by atoms with Crippen LogP contribution in [0.4, 0.5) is 5.69 Å². The van der Waals surface area contributed by atoms with Crippen molar-refractivity contribution in [3.8, 4) is 0 Å². The summed E-state index contributed by atoms with van der Waals surface area (Å²) in [5, 5.41) is 13.8. The van der Waals surface area contributed by atoms with Crippen molar-refractivity contribution in [2.45, 2.75) is 38.5 Å². The molecular weight excluding hydrogens is 344 g/mol. The van der Waals surface area contributed by atoms with Gasteiger partial charge in [0.05, 0.1) is 0 Å². The summed E-state index contributed by atoms with van der Waals surface area (Å²) in [6.07, 6.45) is 3.91. The second-order valence-electron chi connectivity index (χ2n) is 7.01. The zero-order chi connectivity index (χ0) is 19.8. The Kier molecular flexibility index (Phi) is 7.52. The Bertz CT molecular complexity index is 696. The molecule has 3 N–H and O–H groups in total. The Balaban J connectivity index is 2.06. The van der Waals surface area contributed by atoms with Crippen LogP contribution in [0.1, 0.15) is 49.7 Å². The number of amides is 3. The number of anilines is 1. The maximum absolute atomic E-state index is 11.4. The number of hydrogen-bond donors (Lipinski definition) is 3. The number of nitrogens with one attached hydrogen (secondary N) is 3. The zero-order valence-corrected chi connectivity index (χ0v) is 16.0. The fraction of sp³-hybridized carbons (Fsp3) is 0.500. The first-order chi connectivity index (χ1) is 13.0. The van der Waals surface area contributed by atoms with Crippen LogP contribution in [0, 0.1) is 11.3 Å². The molecule has 0 bridgehead atoms. The number of nitrogens with zero attached hydrogens (tertiary/aromatic N) is 1. The van der Waals surface area contributed by atoms with Crippen LogP contribution >= 0.6 is 0 Å². The molecule has 1 aliphatic heterocycles. The molecule has 1 heterocycles. The highest BCUT2D eigenvalue weighted by atomic mass is 16.2. The van der Waals surface area contributed by atoms with Crippen LogP contribution in [0.25, 0.3) is 0 Å². The lowest BCUT2D eigenvalue weighted by Crippen LogP contribution is -2.31. The molecule has 0 saturated carbocycles. The monoisotopic (exact) mass is 372 g/mol. The van der Waals surface area contributed by atoms with E-state index in [0.29, 0.717) is 24.5 Å². The Hall–Kier alpha value is -2.70. The molecule has 1 aromatic rings. The van der Waals surface area contributed by atoms with E-state index in [1.165, 1.54) is 5.56 Å². The number of imide groups is 1. The van der Waals surface area contributed by atoms with Crippen LogP contribution in [0.5, 0.6) is 0 Å². The Morgan fingerprint density at radius 2 is 2.04 bits per heavy atom. The number of benzene rings is 1. The van der Waals surface area contributed by atoms with Crippen molar-refractivity contribution in [1.29, 1.82) is 5.41 Å². The lowest BCUT2D eigenvalue weighted by Gasteiger charge is -2.30. The highest BCUT2D eigenvalue weighted by Crippen LogP contribution is 2.31. The standard InChI is InChI=1S/C20H28N4O3/c1-14(3-6-19(27)23-12-25)20(21)17-5-4-16(11-18(17)22-2)15-7-9-24(13-26)10-8-15/h4-5,11-15,21-22H,3,6-10H2,1-2H3,(H,23,25,27). The van der Waals surface area contributed by atoms with Gasteiger partial charge < -0.3 is 15.6 Å². The molecule has 0 aliphatic carbocycles. The van der Waals surface area contributed by atoms with Gasteiger partial charge in [0, 0.05) is 43.5 Å². The first-order valence-electron chi connectivity index (χ1n) is 9.33. The van der Waals surface area contributed by atoms with Gasteiger partial charge in [0.2, 0.25) is 18.7 Å². The first-order valence-corrected chi connectivity index (χ1v) is 9.33. The highest BCUT2D eigenvalue weighted by Gasteiger charge is 2.22. The summed E-state index contributed by atoms with van der Waals surface area (Å²) >= 11 is 0. The van der Waals surface area contributed by atoms with Gasteiger partial charge in [0.25, 0.3) is 0 Å². The van der Waals surface area contributed by atoms with Crippen molar-refractivity contribution >= 4 is 30.1 Å². The molecule has 2 rings (SSSR count). The van der Waals surface area contributed by atoms with Crippen molar-refractivity contribution in [3.63, 3.8) is 0 Å². The predicted molar refractivity (Wildman–Crippen MR) is 105 cm³/mol. The number of carbonyl (C=O) groups is 3. The summed E-state index contributed by atoms with van der Waals surface area (Å²) < 4.78 is 0. The minimum absolute atomic E-state index is 0.101. The third kappa shape index (κ3) is 5.39. The molecule has 0 spiro atoms. The summed E-state index contributed by atoms with van der Waals surface area (Å²) in [4.78, 5) is 34.4. The lowest BCUT2D eigenvalue weighted by atomic mass is 9.86. The minimum Gasteiger partial charge on any atom is -0.388 e. The summed E-state index contributed by atoms with van der Waals surface area (Å²) in [6.45, 7) is 3.47. The number of hydrogen-bond acceptors (Lipinski definition) is 5. The average Bonchev–Trinajstić information content (AvgIpc) is 2.71. The molecule has 1 aliphatic rings. The second kappa shape index (κ2) is 9.85. The van der Waals surface area contributed by atoms with Crippen molar-refractivity contribution < 1.29 is 14.4 Å². The van der Waals surface area contributed by atoms with Crippen LogP contribution in [0.3, 0.4) is 0 Å². The van der Waals surface area contributed by atoms with E-state index in [9.17, 15) is 14.4 Å². The van der Waals surface area contributed by atoms with E-state index in [-0.39, 0.29) is 18.2 Å². The van der Waals surface area contributed by atoms with Gasteiger partial charge in [0.1, 0.15) is 0 Å². The molecule has 1 atom stereocenters. The molecule has 27 heavy (non-hydrogen) atoms. The first kappa shape index (κ1) is 20.6. The number of rotatable bonds is 9. The van der Waals surface area contributed by atoms with Gasteiger partial charge in [-0.15, -0.1) is 0 Å². The topological polar surface area (TPSA) is 102 Å². The van der Waals surface area contributed by atoms with E-state index in [1.54, 1.807) is 0 Å². The Morgan fingerprint density at radius 1 is 1.33 bits per heavy atom. The van der Waals surface area contributed by atoms with E-state index in [4.69, 9.17) is 5.41 Å². The molecular formula is C20H28N4O3. The van der Waals surface area contributed by atoms with Gasteiger partial charge in [0.15, 0.2) is 0 Å². The fourth-order valence-corrected chi connectivity index (χ4v) is 3.49. The normalized spacial score (nSPS) is 15.7. The van der Waals surface area contributed by atoms with Crippen molar-refractivity contribution in [2.24, 2.45) is 5.92 Å². The number of likely N-dealkylation sites (tertiary alicyclic amines) is 1. The molecule has 3 amide bonds. The highest BCUT2D eigenvalue weighted by molar-refractivity contribution is 6.04. The fourth-order valence-electron chi connectivity index (χ4n) is 3.49. The van der Waals surface area contributed by atoms with E-state index in [0.717, 1.165) is 43.6 Å². The Labute approximate surface area is 160 Å². The number of carbonyl (C=O) groups excluding carboxylic acids is 3. The summed E-state index contributed by atoms with van der Waals surface area (Å²) in [5.74, 6) is -0.00678. The molecule has 1 unspecified atom stereocenters. The van der Waals surface area contributed by atoms with Gasteiger partial charge in [-0.3, -0.25) is 19.7 Å². The molecule has 1 fully saturated rings. The van der Waals surface area contributed by atoms with E-state index < -0.39 is 0 Å². The number of piperidine rings is 1. The molecule has 0 aromatic heterocycles. The van der Waals surface area contributed by atoms with Gasteiger partial charge in [-0.25, -0.2) is 0 Å². The van der Waals surface area contributed by atoms with E-state index in [2.05, 4.69) is 22.8 Å². The Morgan fingerprint density at radius 3 is 2.63 bits per heavy atom. The maximum atomic E-state index is 11.4. The van der Waals surface area contributed by atoms with Crippen LogP contribution in [-0.4, -0.2) is 49.5 Å². The van der Waals surface area contributed by atoms with Crippen molar-refractivity contribution in [3.05, 3.63) is 29.3 Å². The molecule has 0 radical (unpaired) electrons.